The molecular weight excluding hydrogens is 611 g/mol. The number of aromatic nitrogens is 1. The molecule has 2 aliphatic rings. The van der Waals surface area contributed by atoms with Crippen molar-refractivity contribution in [3.63, 3.8) is 0 Å². The Bertz CT molecular complexity index is 1370. The van der Waals surface area contributed by atoms with Crippen LogP contribution in [0, 0.1) is 16.4 Å². The van der Waals surface area contributed by atoms with Gasteiger partial charge in [-0.15, -0.1) is 11.3 Å². The van der Waals surface area contributed by atoms with Gasteiger partial charge in [-0.25, -0.2) is 4.98 Å². The highest BCUT2D eigenvalue weighted by Gasteiger charge is 2.44. The fraction of sp³-hybridized carbons (Fsp3) is 0.379. The number of halogens is 1. The van der Waals surface area contributed by atoms with Crippen LogP contribution in [0.5, 0.6) is 0 Å². The van der Waals surface area contributed by atoms with Crippen LogP contribution in [0.4, 0.5) is 0 Å². The van der Waals surface area contributed by atoms with Gasteiger partial charge in [0.2, 0.25) is 11.8 Å². The van der Waals surface area contributed by atoms with Gasteiger partial charge < -0.3 is 15.1 Å². The standard InChI is InChI=1S/C29H31IN4O3S/c1-17(2)25(34-15-22-21(28(34)36)6-4-7-23(22)30)29(37)33-13-5-8-24(33)27(35)31-14-19-9-11-20(12-10-19)26-18(3)32-16-38-26/h4,6-7,9-12,16-17,24-25H,5,8,13-15H2,1-3H3,(H,31,35)/t24-,25?/m0/s1. The van der Waals surface area contributed by atoms with Crippen molar-refractivity contribution in [3.8, 4) is 10.4 Å². The number of fused-ring (bicyclic) bond motifs is 1. The largest absolute Gasteiger partial charge is 0.350 e. The minimum absolute atomic E-state index is 0.0802. The number of aryl methyl sites for hydroxylation is 1. The Balaban J connectivity index is 1.26. The Morgan fingerprint density at radius 2 is 1.95 bits per heavy atom. The van der Waals surface area contributed by atoms with Gasteiger partial charge in [-0.2, -0.15) is 0 Å². The second kappa shape index (κ2) is 11.1. The fourth-order valence-electron chi connectivity index (χ4n) is 5.45. The first kappa shape index (κ1) is 26.8. The monoisotopic (exact) mass is 642 g/mol. The van der Waals surface area contributed by atoms with Gasteiger partial charge in [0.05, 0.1) is 16.1 Å². The number of rotatable bonds is 7. The molecule has 7 nitrogen and oxygen atoms in total. The number of likely N-dealkylation sites (tertiary alicyclic amines) is 1. The number of nitrogens with zero attached hydrogens (tertiary/aromatic N) is 3. The first-order valence-corrected chi connectivity index (χ1v) is 14.9. The molecule has 198 valence electrons. The summed E-state index contributed by atoms with van der Waals surface area (Å²) in [5.74, 6) is -0.476. The van der Waals surface area contributed by atoms with Gasteiger partial charge >= 0.3 is 0 Å². The molecule has 9 heteroatoms. The SMILES string of the molecule is Cc1ncsc1-c1ccc(CNC(=O)[C@@H]2CCCN2C(=O)C(C(C)C)N2Cc3c(I)cccc3C2=O)cc1. The lowest BCUT2D eigenvalue weighted by Gasteiger charge is -2.35. The molecule has 3 aromatic rings. The summed E-state index contributed by atoms with van der Waals surface area (Å²) in [6, 6.07) is 12.7. The Labute approximate surface area is 240 Å². The molecule has 0 aliphatic carbocycles. The van der Waals surface area contributed by atoms with Crippen molar-refractivity contribution in [2.75, 3.05) is 6.54 Å². The van der Waals surface area contributed by atoms with Crippen LogP contribution < -0.4 is 5.32 Å². The van der Waals surface area contributed by atoms with Gasteiger partial charge in [0, 0.05) is 28.8 Å². The highest BCUT2D eigenvalue weighted by Crippen LogP contribution is 2.32. The molecule has 38 heavy (non-hydrogen) atoms. The Kier molecular flexibility index (Phi) is 7.85. The summed E-state index contributed by atoms with van der Waals surface area (Å²) in [6.45, 7) is 7.26. The fourth-order valence-corrected chi connectivity index (χ4v) is 6.93. The maximum absolute atomic E-state index is 13.9. The molecule has 3 amide bonds. The number of hydrogen-bond acceptors (Lipinski definition) is 5. The summed E-state index contributed by atoms with van der Waals surface area (Å²) < 4.78 is 1.03. The van der Waals surface area contributed by atoms with Gasteiger partial charge in [-0.3, -0.25) is 14.4 Å². The minimum atomic E-state index is -0.609. The van der Waals surface area contributed by atoms with E-state index in [0.717, 1.165) is 37.3 Å². The summed E-state index contributed by atoms with van der Waals surface area (Å²) in [6.07, 6.45) is 1.39. The zero-order chi connectivity index (χ0) is 27.0. The molecule has 2 aliphatic heterocycles. The molecule has 1 saturated heterocycles. The number of nitrogens with one attached hydrogen (secondary N) is 1. The smallest absolute Gasteiger partial charge is 0.255 e. The zero-order valence-electron chi connectivity index (χ0n) is 21.7. The first-order valence-electron chi connectivity index (χ1n) is 12.9. The van der Waals surface area contributed by atoms with E-state index in [4.69, 9.17) is 0 Å². The predicted octanol–water partition coefficient (Wildman–Crippen LogP) is 5.01. The van der Waals surface area contributed by atoms with Crippen molar-refractivity contribution in [3.05, 3.63) is 73.9 Å². The van der Waals surface area contributed by atoms with Crippen LogP contribution in [0.2, 0.25) is 0 Å². The van der Waals surface area contributed by atoms with E-state index in [-0.39, 0.29) is 23.6 Å². The highest BCUT2D eigenvalue weighted by atomic mass is 127. The molecule has 5 rings (SSSR count). The van der Waals surface area contributed by atoms with Gasteiger partial charge in [0.25, 0.3) is 5.91 Å². The Morgan fingerprint density at radius 1 is 1.18 bits per heavy atom. The van der Waals surface area contributed by atoms with Crippen LogP contribution in [0.25, 0.3) is 10.4 Å². The van der Waals surface area contributed by atoms with E-state index in [9.17, 15) is 14.4 Å². The summed E-state index contributed by atoms with van der Waals surface area (Å²) in [5, 5.41) is 3.04. The third kappa shape index (κ3) is 5.10. The van der Waals surface area contributed by atoms with Gasteiger partial charge in [-0.1, -0.05) is 44.2 Å². The van der Waals surface area contributed by atoms with Gasteiger partial charge in [-0.05, 0) is 77.1 Å². The van der Waals surface area contributed by atoms with E-state index < -0.39 is 12.1 Å². The minimum Gasteiger partial charge on any atom is -0.350 e. The zero-order valence-corrected chi connectivity index (χ0v) is 24.7. The summed E-state index contributed by atoms with van der Waals surface area (Å²) in [4.78, 5) is 49.2. The number of carbonyl (C=O) groups is 3. The molecule has 0 radical (unpaired) electrons. The molecule has 1 N–H and O–H groups in total. The van der Waals surface area contributed by atoms with Gasteiger partial charge in [0.15, 0.2) is 0 Å². The van der Waals surface area contributed by atoms with E-state index in [1.165, 1.54) is 0 Å². The maximum atomic E-state index is 13.9. The maximum Gasteiger partial charge on any atom is 0.255 e. The van der Waals surface area contributed by atoms with E-state index in [1.54, 1.807) is 21.1 Å². The van der Waals surface area contributed by atoms with Gasteiger partial charge in [0.1, 0.15) is 12.1 Å². The lowest BCUT2D eigenvalue weighted by molar-refractivity contribution is -0.143. The lowest BCUT2D eigenvalue weighted by Crippen LogP contribution is -2.55. The second-order valence-electron chi connectivity index (χ2n) is 10.3. The molecule has 3 heterocycles. The van der Waals surface area contributed by atoms with Crippen molar-refractivity contribution in [1.29, 1.82) is 0 Å². The highest BCUT2D eigenvalue weighted by molar-refractivity contribution is 14.1. The number of benzene rings is 2. The molecule has 0 bridgehead atoms. The summed E-state index contributed by atoms with van der Waals surface area (Å²) >= 11 is 3.86. The topological polar surface area (TPSA) is 82.6 Å². The van der Waals surface area contributed by atoms with Crippen molar-refractivity contribution in [2.24, 2.45) is 5.92 Å². The van der Waals surface area contributed by atoms with Crippen LogP contribution in [0.1, 0.15) is 53.9 Å². The molecule has 1 unspecified atom stereocenters. The van der Waals surface area contributed by atoms with Crippen LogP contribution in [-0.4, -0.2) is 51.1 Å². The number of carbonyl (C=O) groups excluding carboxylic acids is 3. The summed E-state index contributed by atoms with van der Waals surface area (Å²) in [7, 11) is 0. The third-order valence-corrected chi connectivity index (χ3v) is 9.41. The van der Waals surface area contributed by atoms with E-state index in [1.807, 2.05) is 68.7 Å². The van der Waals surface area contributed by atoms with Crippen LogP contribution in [0.15, 0.2) is 48.0 Å². The normalized spacial score (nSPS) is 17.7. The predicted molar refractivity (Wildman–Crippen MR) is 157 cm³/mol. The van der Waals surface area contributed by atoms with Crippen LogP contribution in [-0.2, 0) is 22.7 Å². The van der Waals surface area contributed by atoms with E-state index in [2.05, 4.69) is 32.9 Å². The third-order valence-electron chi connectivity index (χ3n) is 7.43. The lowest BCUT2D eigenvalue weighted by atomic mass is 10.0. The molecule has 2 aromatic carbocycles. The Hall–Kier alpha value is -2.79. The number of amides is 3. The molecule has 0 spiro atoms. The van der Waals surface area contributed by atoms with E-state index >= 15 is 0 Å². The van der Waals surface area contributed by atoms with Crippen molar-refractivity contribution < 1.29 is 14.4 Å². The summed E-state index contributed by atoms with van der Waals surface area (Å²) in [5.41, 5.74) is 6.61. The quantitative estimate of drug-likeness (QED) is 0.368. The van der Waals surface area contributed by atoms with Crippen LogP contribution in [0.3, 0.4) is 0 Å². The Morgan fingerprint density at radius 3 is 2.61 bits per heavy atom. The second-order valence-corrected chi connectivity index (χ2v) is 12.3. The molecule has 1 fully saturated rings. The first-order chi connectivity index (χ1) is 18.3. The average molecular weight is 643 g/mol. The van der Waals surface area contributed by atoms with Crippen molar-refractivity contribution in [2.45, 2.75) is 58.8 Å². The van der Waals surface area contributed by atoms with E-state index in [0.29, 0.717) is 31.6 Å². The molecule has 1 aromatic heterocycles. The molecule has 2 atom stereocenters. The van der Waals surface area contributed by atoms with Crippen molar-refractivity contribution in [1.82, 2.24) is 20.1 Å². The molecule has 0 saturated carbocycles. The van der Waals surface area contributed by atoms with Crippen LogP contribution >= 0.6 is 33.9 Å². The number of hydrogen-bond donors (Lipinski definition) is 1. The van der Waals surface area contributed by atoms with Crippen molar-refractivity contribution >= 4 is 51.6 Å². The molecular formula is C29H31IN4O3S. The number of thiazole rings is 1. The average Bonchev–Trinajstić information content (AvgIpc) is 3.63.